The van der Waals surface area contributed by atoms with Gasteiger partial charge in [0, 0.05) is 12.3 Å². The maximum absolute atomic E-state index is 12.5. The number of rotatable bonds is 7. The SMILES string of the molecule is CC(Cc1ccc(C(F)(F)F)cc1)NC(=O)C(N)CCS(C)(=O)=O.Cl. The molecule has 2 unspecified atom stereocenters. The smallest absolute Gasteiger partial charge is 0.352 e. The zero-order valence-corrected chi connectivity index (χ0v) is 15.5. The van der Waals surface area contributed by atoms with Gasteiger partial charge in [0.2, 0.25) is 5.91 Å². The topological polar surface area (TPSA) is 89.3 Å². The lowest BCUT2D eigenvalue weighted by atomic mass is 10.0. The summed E-state index contributed by atoms with van der Waals surface area (Å²) in [6.45, 7) is 1.69. The van der Waals surface area contributed by atoms with Crippen LogP contribution in [0.15, 0.2) is 24.3 Å². The Morgan fingerprint density at radius 2 is 1.76 bits per heavy atom. The third kappa shape index (κ3) is 9.08. The molecular formula is C15H22ClF3N2O3S. The minimum absolute atomic E-state index is 0. The lowest BCUT2D eigenvalue weighted by Crippen LogP contribution is -2.45. The molecule has 0 aromatic heterocycles. The van der Waals surface area contributed by atoms with Crippen LogP contribution in [0.5, 0.6) is 0 Å². The van der Waals surface area contributed by atoms with Crippen molar-refractivity contribution in [2.75, 3.05) is 12.0 Å². The van der Waals surface area contributed by atoms with Gasteiger partial charge in [-0.15, -0.1) is 12.4 Å². The quantitative estimate of drug-likeness (QED) is 0.729. The van der Waals surface area contributed by atoms with E-state index in [-0.39, 0.29) is 30.6 Å². The van der Waals surface area contributed by atoms with Crippen molar-refractivity contribution in [3.05, 3.63) is 35.4 Å². The number of carbonyl (C=O) groups excluding carboxylic acids is 1. The third-order valence-corrected chi connectivity index (χ3v) is 4.33. The number of hydrogen-bond donors (Lipinski definition) is 2. The van der Waals surface area contributed by atoms with Crippen LogP contribution < -0.4 is 11.1 Å². The van der Waals surface area contributed by atoms with Crippen LogP contribution in [-0.2, 0) is 27.2 Å². The van der Waals surface area contributed by atoms with E-state index in [1.807, 2.05) is 0 Å². The Bertz CT molecular complexity index is 664. The molecule has 144 valence electrons. The Kier molecular flexibility index (Phi) is 8.90. The first-order chi connectivity index (χ1) is 10.9. The number of sulfone groups is 1. The number of benzene rings is 1. The first-order valence-electron chi connectivity index (χ1n) is 7.28. The number of nitrogens with one attached hydrogen (secondary N) is 1. The highest BCUT2D eigenvalue weighted by molar-refractivity contribution is 7.90. The molecule has 3 N–H and O–H groups in total. The number of nitrogens with two attached hydrogens (primary N) is 1. The largest absolute Gasteiger partial charge is 0.416 e. The summed E-state index contributed by atoms with van der Waals surface area (Å²) in [4.78, 5) is 11.9. The van der Waals surface area contributed by atoms with E-state index in [1.54, 1.807) is 6.92 Å². The molecule has 0 saturated heterocycles. The van der Waals surface area contributed by atoms with Gasteiger partial charge < -0.3 is 11.1 Å². The summed E-state index contributed by atoms with van der Waals surface area (Å²) in [5.41, 5.74) is 5.54. The Morgan fingerprint density at radius 1 is 1.24 bits per heavy atom. The van der Waals surface area contributed by atoms with E-state index in [1.165, 1.54) is 12.1 Å². The Balaban J connectivity index is 0.00000576. The van der Waals surface area contributed by atoms with E-state index in [4.69, 9.17) is 5.73 Å². The van der Waals surface area contributed by atoms with Crippen LogP contribution in [0.2, 0.25) is 0 Å². The highest BCUT2D eigenvalue weighted by atomic mass is 35.5. The number of carbonyl (C=O) groups is 1. The second-order valence-corrected chi connectivity index (χ2v) is 8.09. The lowest BCUT2D eigenvalue weighted by molar-refractivity contribution is -0.137. The zero-order valence-electron chi connectivity index (χ0n) is 13.8. The molecule has 1 rings (SSSR count). The van der Waals surface area contributed by atoms with E-state index in [9.17, 15) is 26.4 Å². The van der Waals surface area contributed by atoms with Crippen molar-refractivity contribution < 1.29 is 26.4 Å². The zero-order chi connectivity index (χ0) is 18.5. The van der Waals surface area contributed by atoms with Gasteiger partial charge in [-0.2, -0.15) is 13.2 Å². The van der Waals surface area contributed by atoms with Gasteiger partial charge in [0.1, 0.15) is 9.84 Å². The highest BCUT2D eigenvalue weighted by Gasteiger charge is 2.30. The number of amides is 1. The van der Waals surface area contributed by atoms with Crippen LogP contribution in [-0.4, -0.2) is 38.4 Å². The molecule has 0 saturated carbocycles. The molecule has 2 atom stereocenters. The number of alkyl halides is 3. The van der Waals surface area contributed by atoms with Crippen molar-refractivity contribution in [2.24, 2.45) is 5.73 Å². The van der Waals surface area contributed by atoms with E-state index < -0.39 is 33.5 Å². The molecule has 0 bridgehead atoms. The van der Waals surface area contributed by atoms with Gasteiger partial charge in [0.05, 0.1) is 17.4 Å². The molecular weight excluding hydrogens is 381 g/mol. The lowest BCUT2D eigenvalue weighted by Gasteiger charge is -2.18. The summed E-state index contributed by atoms with van der Waals surface area (Å²) in [6, 6.07) is 3.39. The minimum Gasteiger partial charge on any atom is -0.352 e. The van der Waals surface area contributed by atoms with Gasteiger partial charge in [-0.25, -0.2) is 8.42 Å². The van der Waals surface area contributed by atoms with E-state index in [2.05, 4.69) is 5.32 Å². The van der Waals surface area contributed by atoms with Gasteiger partial charge in [-0.3, -0.25) is 4.79 Å². The van der Waals surface area contributed by atoms with Crippen molar-refractivity contribution in [1.82, 2.24) is 5.32 Å². The third-order valence-electron chi connectivity index (χ3n) is 3.35. The van der Waals surface area contributed by atoms with Crippen molar-refractivity contribution in [1.29, 1.82) is 0 Å². The maximum atomic E-state index is 12.5. The van der Waals surface area contributed by atoms with Crippen molar-refractivity contribution >= 4 is 28.2 Å². The second-order valence-electron chi connectivity index (χ2n) is 5.83. The fraction of sp³-hybridized carbons (Fsp3) is 0.533. The van der Waals surface area contributed by atoms with Crippen LogP contribution in [0.4, 0.5) is 13.2 Å². The molecule has 25 heavy (non-hydrogen) atoms. The first kappa shape index (κ1) is 23.7. The molecule has 1 amide bonds. The van der Waals surface area contributed by atoms with Crippen molar-refractivity contribution in [3.63, 3.8) is 0 Å². The molecule has 1 aromatic carbocycles. The molecule has 0 aliphatic heterocycles. The standard InChI is InChI=1S/C15H21F3N2O3S.ClH/c1-10(20-14(21)13(19)7-8-24(2,22)23)9-11-3-5-12(6-4-11)15(16,17)18;/h3-6,10,13H,7-9,19H2,1-2H3,(H,20,21);1H. The van der Waals surface area contributed by atoms with Crippen LogP contribution in [0.3, 0.4) is 0 Å². The molecule has 10 heteroatoms. The van der Waals surface area contributed by atoms with E-state index in [0.29, 0.717) is 12.0 Å². The van der Waals surface area contributed by atoms with Crippen LogP contribution >= 0.6 is 12.4 Å². The fourth-order valence-electron chi connectivity index (χ4n) is 2.06. The van der Waals surface area contributed by atoms with Gasteiger partial charge in [0.25, 0.3) is 0 Å². The summed E-state index contributed by atoms with van der Waals surface area (Å²) in [6.07, 6.45) is -2.98. The Morgan fingerprint density at radius 3 is 2.20 bits per heavy atom. The number of hydrogen-bond acceptors (Lipinski definition) is 4. The monoisotopic (exact) mass is 402 g/mol. The Labute approximate surface area is 151 Å². The van der Waals surface area contributed by atoms with Crippen molar-refractivity contribution in [2.45, 2.75) is 38.0 Å². The summed E-state index contributed by atoms with van der Waals surface area (Å²) >= 11 is 0. The summed E-state index contributed by atoms with van der Waals surface area (Å²) in [5, 5.41) is 2.63. The number of halogens is 4. The van der Waals surface area contributed by atoms with E-state index >= 15 is 0 Å². The molecule has 0 radical (unpaired) electrons. The molecule has 0 aliphatic carbocycles. The van der Waals surface area contributed by atoms with Gasteiger partial charge in [-0.05, 0) is 37.5 Å². The predicted molar refractivity (Wildman–Crippen MR) is 92.3 cm³/mol. The van der Waals surface area contributed by atoms with Crippen LogP contribution in [0, 0.1) is 0 Å². The van der Waals surface area contributed by atoms with Gasteiger partial charge >= 0.3 is 6.18 Å². The summed E-state index contributed by atoms with van der Waals surface area (Å²) < 4.78 is 59.6. The molecule has 0 spiro atoms. The maximum Gasteiger partial charge on any atom is 0.416 e. The van der Waals surface area contributed by atoms with Gasteiger partial charge in [0.15, 0.2) is 0 Å². The first-order valence-corrected chi connectivity index (χ1v) is 9.34. The summed E-state index contributed by atoms with van der Waals surface area (Å²) in [5.74, 6) is -0.674. The van der Waals surface area contributed by atoms with Gasteiger partial charge in [-0.1, -0.05) is 12.1 Å². The normalized spacial score (nSPS) is 14.3. The highest BCUT2D eigenvalue weighted by Crippen LogP contribution is 2.29. The molecule has 0 aliphatic rings. The summed E-state index contributed by atoms with van der Waals surface area (Å²) in [7, 11) is -3.20. The van der Waals surface area contributed by atoms with Crippen LogP contribution in [0.1, 0.15) is 24.5 Å². The second kappa shape index (κ2) is 9.40. The van der Waals surface area contributed by atoms with E-state index in [0.717, 1.165) is 18.4 Å². The Hall–Kier alpha value is -1.32. The average molecular weight is 403 g/mol. The molecule has 5 nitrogen and oxygen atoms in total. The van der Waals surface area contributed by atoms with Crippen molar-refractivity contribution in [3.8, 4) is 0 Å². The molecule has 0 heterocycles. The predicted octanol–water partition coefficient (Wildman–Crippen LogP) is 1.94. The van der Waals surface area contributed by atoms with Crippen LogP contribution in [0.25, 0.3) is 0 Å². The molecule has 1 aromatic rings. The average Bonchev–Trinajstić information content (AvgIpc) is 2.43. The minimum atomic E-state index is -4.38. The fourth-order valence-corrected chi connectivity index (χ4v) is 2.74. The molecule has 0 fully saturated rings.